The van der Waals surface area contributed by atoms with E-state index in [-0.39, 0.29) is 22.5 Å². The first kappa shape index (κ1) is 29.8. The molecule has 2 aliphatic carbocycles. The Balaban J connectivity index is 1.34. The van der Waals surface area contributed by atoms with Crippen molar-refractivity contribution in [2.45, 2.75) is 54.5 Å². The number of likely N-dealkylation sites (tertiary alicyclic amines) is 1. The van der Waals surface area contributed by atoms with Gasteiger partial charge in [0.05, 0.1) is 44.9 Å². The molecule has 3 N–H and O–H groups in total. The van der Waals surface area contributed by atoms with E-state index in [1.165, 1.54) is 0 Å². The van der Waals surface area contributed by atoms with Crippen LogP contribution in [0.5, 0.6) is 0 Å². The van der Waals surface area contributed by atoms with Crippen LogP contribution in [-0.4, -0.2) is 102 Å². The quantitative estimate of drug-likeness (QED) is 0.249. The molecule has 0 aromatic heterocycles. The maximum absolute atomic E-state index is 12.8. The highest BCUT2D eigenvalue weighted by Crippen LogP contribution is 2.48. The predicted molar refractivity (Wildman–Crippen MR) is 141 cm³/mol. The lowest BCUT2D eigenvalue weighted by atomic mass is 9.63. The topological polar surface area (TPSA) is 103 Å². The average Bonchev–Trinajstić information content (AvgIpc) is 2.83. The third-order valence-electron chi connectivity index (χ3n) is 7.94. The lowest BCUT2D eigenvalue weighted by Crippen LogP contribution is -2.53. The number of hydrogen-bond donors (Lipinski definition) is 2. The van der Waals surface area contributed by atoms with Crippen molar-refractivity contribution in [3.8, 4) is 0 Å². The molecule has 0 aromatic rings. The average molecular weight is 559 g/mol. The van der Waals surface area contributed by atoms with Gasteiger partial charge < -0.3 is 24.8 Å². The monoisotopic (exact) mass is 557 g/mol. The summed E-state index contributed by atoms with van der Waals surface area (Å²) in [5.41, 5.74) is 5.34. The molecule has 0 spiro atoms. The minimum absolute atomic E-state index is 0.145. The molecule has 0 radical (unpaired) electrons. The minimum atomic E-state index is -3.34. The molecule has 0 aromatic carbocycles. The summed E-state index contributed by atoms with van der Waals surface area (Å²) in [7, 11) is -1.15. The highest BCUT2D eigenvalue weighted by molar-refractivity contribution is 7.90. The summed E-state index contributed by atoms with van der Waals surface area (Å²) in [6.07, 6.45) is 5.27. The van der Waals surface area contributed by atoms with Crippen LogP contribution in [0.15, 0.2) is 0 Å². The Labute approximate surface area is 221 Å². The number of ether oxygens (including phenoxy) is 3. The van der Waals surface area contributed by atoms with Gasteiger partial charge in [0.2, 0.25) is 10.0 Å². The Morgan fingerprint density at radius 1 is 0.857 bits per heavy atom. The van der Waals surface area contributed by atoms with Gasteiger partial charge in [-0.1, -0.05) is 0 Å². The fraction of sp³-hybridized carbons (Fsp3) is 1.00. The standard InChI is InChI=1S/C24H45Cl2N3O5S/c1-29-16-22(21-14-19(25)15-24(26)23(21)17-29)18-2-4-20(5-3-18)35(30,31)28-7-9-33-11-13-34-12-10-32-8-6-27/h18-24,28H,2-17,27H2,1H3/t18?,19?,20?,21?,22-,23?,24?/m1/s1. The molecule has 3 aliphatic rings. The van der Waals surface area contributed by atoms with E-state index in [1.807, 2.05) is 0 Å². The molecule has 206 valence electrons. The minimum Gasteiger partial charge on any atom is -0.378 e. The van der Waals surface area contributed by atoms with E-state index in [4.69, 9.17) is 43.1 Å². The first-order valence-electron chi connectivity index (χ1n) is 13.2. The van der Waals surface area contributed by atoms with Gasteiger partial charge in [-0.25, -0.2) is 13.1 Å². The second-order valence-corrected chi connectivity index (χ2v) is 13.6. The SMILES string of the molecule is CN1CC2C(Cl)CC(Cl)CC2[C@@H](C2CCC(S(=O)(=O)NCCOCCOCCOCCN)CC2)C1. The number of nitrogens with one attached hydrogen (secondary N) is 1. The van der Waals surface area contributed by atoms with Gasteiger partial charge in [0.1, 0.15) is 0 Å². The zero-order valence-corrected chi connectivity index (χ0v) is 23.4. The molecule has 1 saturated heterocycles. The zero-order chi connectivity index (χ0) is 25.3. The fourth-order valence-electron chi connectivity index (χ4n) is 6.25. The summed E-state index contributed by atoms with van der Waals surface area (Å²) in [5.74, 6) is 2.15. The normalized spacial score (nSPS) is 34.6. The van der Waals surface area contributed by atoms with Crippen molar-refractivity contribution in [1.29, 1.82) is 0 Å². The van der Waals surface area contributed by atoms with Gasteiger partial charge in [-0.15, -0.1) is 23.2 Å². The van der Waals surface area contributed by atoms with Crippen LogP contribution in [0.4, 0.5) is 0 Å². The molecular formula is C24H45Cl2N3O5S. The van der Waals surface area contributed by atoms with E-state index in [9.17, 15) is 8.42 Å². The highest BCUT2D eigenvalue weighted by Gasteiger charge is 2.47. The Bertz CT molecular complexity index is 711. The number of nitrogens with zero attached hydrogens (tertiary/aromatic N) is 1. The van der Waals surface area contributed by atoms with Crippen LogP contribution in [0.3, 0.4) is 0 Å². The summed E-state index contributed by atoms with van der Waals surface area (Å²) in [4.78, 5) is 2.42. The van der Waals surface area contributed by atoms with Crippen molar-refractivity contribution in [3.63, 3.8) is 0 Å². The third kappa shape index (κ3) is 9.21. The molecule has 3 rings (SSSR count). The second-order valence-electron chi connectivity index (χ2n) is 10.4. The number of fused-ring (bicyclic) bond motifs is 1. The molecule has 2 saturated carbocycles. The molecule has 8 nitrogen and oxygen atoms in total. The van der Waals surface area contributed by atoms with E-state index in [2.05, 4.69) is 16.7 Å². The van der Waals surface area contributed by atoms with Gasteiger partial charge in [-0.05, 0) is 69.2 Å². The molecule has 0 amide bonds. The lowest BCUT2D eigenvalue weighted by molar-refractivity contribution is 0.0108. The van der Waals surface area contributed by atoms with Gasteiger partial charge in [0.15, 0.2) is 0 Å². The van der Waals surface area contributed by atoms with Crippen LogP contribution >= 0.6 is 23.2 Å². The Hall–Kier alpha value is 0.290. The van der Waals surface area contributed by atoms with Gasteiger partial charge >= 0.3 is 0 Å². The summed E-state index contributed by atoms with van der Waals surface area (Å²) in [6.45, 7) is 5.65. The number of rotatable bonds is 14. The molecule has 0 bridgehead atoms. The summed E-state index contributed by atoms with van der Waals surface area (Å²) in [6, 6.07) is 0. The Morgan fingerprint density at radius 3 is 2.11 bits per heavy atom. The van der Waals surface area contributed by atoms with Crippen LogP contribution in [0, 0.1) is 23.7 Å². The van der Waals surface area contributed by atoms with E-state index >= 15 is 0 Å². The van der Waals surface area contributed by atoms with Crippen LogP contribution in [0.1, 0.15) is 38.5 Å². The number of piperidine rings is 1. The number of alkyl halides is 2. The predicted octanol–water partition coefficient (Wildman–Crippen LogP) is 2.28. The van der Waals surface area contributed by atoms with Crippen LogP contribution in [0.25, 0.3) is 0 Å². The van der Waals surface area contributed by atoms with Crippen LogP contribution in [-0.2, 0) is 24.2 Å². The number of hydrogen-bond acceptors (Lipinski definition) is 7. The van der Waals surface area contributed by atoms with Crippen molar-refractivity contribution in [1.82, 2.24) is 9.62 Å². The molecule has 4 unspecified atom stereocenters. The number of nitrogens with two attached hydrogens (primary N) is 1. The molecular weight excluding hydrogens is 513 g/mol. The Kier molecular flexibility index (Phi) is 12.8. The van der Waals surface area contributed by atoms with Crippen molar-refractivity contribution in [2.75, 3.05) is 72.9 Å². The molecule has 3 fully saturated rings. The molecule has 1 aliphatic heterocycles. The largest absolute Gasteiger partial charge is 0.378 e. The second kappa shape index (κ2) is 15.0. The van der Waals surface area contributed by atoms with E-state index < -0.39 is 10.0 Å². The van der Waals surface area contributed by atoms with Crippen LogP contribution in [0.2, 0.25) is 0 Å². The van der Waals surface area contributed by atoms with Gasteiger partial charge in [-0.3, -0.25) is 0 Å². The van der Waals surface area contributed by atoms with Gasteiger partial charge in [0, 0.05) is 36.9 Å². The smallest absolute Gasteiger partial charge is 0.214 e. The maximum Gasteiger partial charge on any atom is 0.214 e. The van der Waals surface area contributed by atoms with Crippen molar-refractivity contribution in [3.05, 3.63) is 0 Å². The first-order valence-corrected chi connectivity index (χ1v) is 15.6. The third-order valence-corrected chi connectivity index (χ3v) is 10.8. The molecule has 35 heavy (non-hydrogen) atoms. The summed E-state index contributed by atoms with van der Waals surface area (Å²) >= 11 is 13.3. The highest BCUT2D eigenvalue weighted by atomic mass is 35.5. The molecule has 1 heterocycles. The first-order chi connectivity index (χ1) is 16.8. The lowest BCUT2D eigenvalue weighted by Gasteiger charge is -2.51. The van der Waals surface area contributed by atoms with Gasteiger partial charge in [0.25, 0.3) is 0 Å². The Morgan fingerprint density at radius 2 is 1.46 bits per heavy atom. The van der Waals surface area contributed by atoms with Crippen molar-refractivity contribution < 1.29 is 22.6 Å². The fourth-order valence-corrected chi connectivity index (χ4v) is 8.72. The van der Waals surface area contributed by atoms with Crippen molar-refractivity contribution >= 4 is 33.2 Å². The molecule has 11 heteroatoms. The summed E-state index contributed by atoms with van der Waals surface area (Å²) in [5, 5.41) is -0.0122. The van der Waals surface area contributed by atoms with E-state index in [0.717, 1.165) is 38.8 Å². The zero-order valence-electron chi connectivity index (χ0n) is 21.1. The summed E-state index contributed by atoms with van der Waals surface area (Å²) < 4.78 is 44.5. The van der Waals surface area contributed by atoms with Gasteiger partial charge in [-0.2, -0.15) is 0 Å². The van der Waals surface area contributed by atoms with E-state index in [1.54, 1.807) is 0 Å². The molecule has 5 atom stereocenters. The van der Waals surface area contributed by atoms with Crippen LogP contribution < -0.4 is 10.5 Å². The van der Waals surface area contributed by atoms with E-state index in [0.29, 0.717) is 82.7 Å². The van der Waals surface area contributed by atoms with Crippen molar-refractivity contribution in [2.24, 2.45) is 29.4 Å². The number of sulfonamides is 1. The maximum atomic E-state index is 12.8. The number of halogens is 2.